The van der Waals surface area contributed by atoms with Gasteiger partial charge >= 0.3 is 21.7 Å². The molecule has 0 saturated carbocycles. The smallest absolute Gasteiger partial charge is 0.662 e. The summed E-state index contributed by atoms with van der Waals surface area (Å²) in [6.07, 6.45) is 78.0. The van der Waals surface area contributed by atoms with Crippen LogP contribution >= 0.6 is 0 Å². The number of aliphatic hydroxyl groups is 1. The van der Waals surface area contributed by atoms with Crippen LogP contribution in [0, 0.1) is 0 Å². The Morgan fingerprint density at radius 1 is 0.160 bits per heavy atom. The van der Waals surface area contributed by atoms with Crippen LogP contribution in [0.25, 0.3) is 16.0 Å². The predicted molar refractivity (Wildman–Crippen MR) is 345 cm³/mol. The summed E-state index contributed by atoms with van der Waals surface area (Å²) >= 11 is 0. The largest absolute Gasteiger partial charge is 3.00 e. The Balaban J connectivity index is -0.000000296. The van der Waals surface area contributed by atoms with Gasteiger partial charge in [-0.3, -0.25) is 0 Å². The first kappa shape index (κ1) is 84.4. The van der Waals surface area contributed by atoms with Crippen LogP contribution < -0.4 is 0 Å². The van der Waals surface area contributed by atoms with Crippen molar-refractivity contribution in [3.8, 4) is 0 Å². The maximum atomic E-state index is 8.51. The van der Waals surface area contributed by atoms with E-state index in [0.29, 0.717) is 6.61 Å². The molecule has 0 heterocycles. The Bertz CT molecular complexity index is 679. The van der Waals surface area contributed by atoms with Gasteiger partial charge in [-0.1, -0.05) is 402 Å². The Morgan fingerprint density at radius 2 is 0.267 bits per heavy atom. The second-order valence-electron chi connectivity index (χ2n) is 23.1. The van der Waals surface area contributed by atoms with Crippen LogP contribution in [-0.2, 0) is 21.7 Å². The average molecular weight is 1100 g/mol. The van der Waals surface area contributed by atoms with Crippen LogP contribution in [0.2, 0.25) is 0 Å². The summed E-state index contributed by atoms with van der Waals surface area (Å²) in [5.74, 6) is 0. The van der Waals surface area contributed by atoms with Crippen LogP contribution in [0.5, 0.6) is 0 Å². The molecular formula is C70H148N3OTi. The first-order chi connectivity index (χ1) is 36.7. The molecule has 75 heavy (non-hydrogen) atoms. The van der Waals surface area contributed by atoms with Crippen molar-refractivity contribution in [3.63, 3.8) is 0 Å². The van der Waals surface area contributed by atoms with Gasteiger partial charge in [0.1, 0.15) is 0 Å². The maximum absolute atomic E-state index is 8.51. The van der Waals surface area contributed by atoms with Gasteiger partial charge in [-0.2, -0.15) is 0 Å². The Hall–Kier alpha value is 0.554. The Kier molecular flexibility index (Phi) is 102. The van der Waals surface area contributed by atoms with E-state index in [-0.39, 0.29) is 21.7 Å². The van der Waals surface area contributed by atoms with E-state index in [0.717, 1.165) is 45.7 Å². The van der Waals surface area contributed by atoms with E-state index in [1.807, 2.05) is 0 Å². The monoisotopic (exact) mass is 1100 g/mol. The molecule has 0 amide bonds. The molecule has 0 aliphatic rings. The topological polar surface area (TPSA) is 62.5 Å². The third kappa shape index (κ3) is 100. The molecule has 0 saturated heterocycles. The first-order valence-electron chi connectivity index (χ1n) is 35.2. The normalized spacial score (nSPS) is 10.9. The van der Waals surface area contributed by atoms with Gasteiger partial charge in [-0.15, -0.1) is 39.3 Å². The van der Waals surface area contributed by atoms with Gasteiger partial charge in [-0.25, -0.2) is 0 Å². The molecule has 0 aromatic rings. The molecular weight excluding hydrogens is 947 g/mol. The molecule has 0 spiro atoms. The molecule has 1 radical (unpaired) electrons. The van der Waals surface area contributed by atoms with Crippen molar-refractivity contribution >= 4 is 0 Å². The van der Waals surface area contributed by atoms with Crippen LogP contribution in [0.4, 0.5) is 0 Å². The van der Waals surface area contributed by atoms with Crippen molar-refractivity contribution in [2.45, 2.75) is 408 Å². The second-order valence-corrected chi connectivity index (χ2v) is 23.1. The molecule has 453 valence electrons. The summed E-state index contributed by atoms with van der Waals surface area (Å²) in [7, 11) is 0. The number of aliphatic hydroxyl groups excluding tert-OH is 1. The zero-order valence-electron chi connectivity index (χ0n) is 53.8. The minimum atomic E-state index is 0. The van der Waals surface area contributed by atoms with Crippen molar-refractivity contribution in [1.29, 1.82) is 0 Å². The number of unbranched alkanes of at least 4 members (excludes halogenated alkanes) is 49. The summed E-state index contributed by atoms with van der Waals surface area (Å²) in [5.41, 5.74) is 0. The van der Waals surface area contributed by atoms with Crippen LogP contribution in [0.15, 0.2) is 0 Å². The van der Waals surface area contributed by atoms with E-state index >= 15 is 0 Å². The number of hydrogen-bond donors (Lipinski definition) is 1. The average Bonchev–Trinajstić information content (AvgIpc) is 3.41. The predicted octanol–water partition coefficient (Wildman–Crippen LogP) is 26.0. The third-order valence-electron chi connectivity index (χ3n) is 15.0. The van der Waals surface area contributed by atoms with Gasteiger partial charge in [0.15, 0.2) is 0 Å². The summed E-state index contributed by atoms with van der Waals surface area (Å²) in [5, 5.41) is 22.5. The molecule has 1 N–H and O–H groups in total. The van der Waals surface area contributed by atoms with Gasteiger partial charge in [0.05, 0.1) is 0 Å². The number of hydrogen-bond acceptors (Lipinski definition) is 1. The molecule has 0 atom stereocenters. The minimum Gasteiger partial charge on any atom is -0.662 e. The molecule has 0 aromatic carbocycles. The van der Waals surface area contributed by atoms with E-state index in [9.17, 15) is 0 Å². The van der Waals surface area contributed by atoms with Crippen molar-refractivity contribution in [2.24, 2.45) is 0 Å². The van der Waals surface area contributed by atoms with Crippen molar-refractivity contribution in [2.75, 3.05) is 45.9 Å². The standard InChI is InChI=1S/3C20H42N.C10H22O.Ti/c3*1-3-5-7-9-11-13-15-17-19-21-20-18-16-14-12-10-8-6-4-2;1-2-3-4-5-6-7-8-9-10-11;/h3*3-20H2,1-2H3;11H,2-10H2,1H3;/q3*-1;;+3. The molecule has 0 aromatic heterocycles. The summed E-state index contributed by atoms with van der Waals surface area (Å²) in [6.45, 7) is 23.0. The SMILES string of the molecule is CCCCCCCCCCO.CCCCCCCCCC[N-]CCCCCCCCCC.CCCCCCCCCC[N-]CCCCCCCCCC.CCCCCCCCCC[N-]CCCCCCCCCC.[Ti+3]. The molecule has 0 rings (SSSR count). The molecule has 0 aliphatic carbocycles. The Labute approximate surface area is 493 Å². The van der Waals surface area contributed by atoms with Gasteiger partial charge in [-0.05, 0) is 6.42 Å². The number of nitrogens with zero attached hydrogens (tertiary/aromatic N) is 3. The molecule has 5 heteroatoms. The zero-order chi connectivity index (χ0) is 54.7. The van der Waals surface area contributed by atoms with Gasteiger partial charge in [0.2, 0.25) is 0 Å². The van der Waals surface area contributed by atoms with E-state index in [2.05, 4.69) is 64.4 Å². The van der Waals surface area contributed by atoms with Crippen LogP contribution in [0.1, 0.15) is 408 Å². The zero-order valence-corrected chi connectivity index (χ0v) is 55.4. The fourth-order valence-corrected chi connectivity index (χ4v) is 9.73. The minimum absolute atomic E-state index is 0. The van der Waals surface area contributed by atoms with Crippen LogP contribution in [0.3, 0.4) is 0 Å². The molecule has 0 fully saturated rings. The summed E-state index contributed by atoms with van der Waals surface area (Å²) in [6, 6.07) is 0. The van der Waals surface area contributed by atoms with Gasteiger partial charge in [0.25, 0.3) is 0 Å². The van der Waals surface area contributed by atoms with Crippen molar-refractivity contribution < 1.29 is 26.8 Å². The maximum Gasteiger partial charge on any atom is 3.00 e. The van der Waals surface area contributed by atoms with E-state index in [1.54, 1.807) is 0 Å². The van der Waals surface area contributed by atoms with Crippen molar-refractivity contribution in [1.82, 2.24) is 0 Å². The third-order valence-corrected chi connectivity index (χ3v) is 15.0. The molecule has 4 nitrogen and oxygen atoms in total. The second kappa shape index (κ2) is 91.1. The molecule has 0 bridgehead atoms. The fraction of sp³-hybridized carbons (Fsp3) is 1.00. The van der Waals surface area contributed by atoms with E-state index in [4.69, 9.17) is 5.11 Å². The van der Waals surface area contributed by atoms with Gasteiger partial charge < -0.3 is 21.1 Å². The van der Waals surface area contributed by atoms with Crippen molar-refractivity contribution in [3.05, 3.63) is 16.0 Å². The fourth-order valence-electron chi connectivity index (χ4n) is 9.73. The molecule has 0 unspecified atom stereocenters. The first-order valence-corrected chi connectivity index (χ1v) is 35.2. The summed E-state index contributed by atoms with van der Waals surface area (Å²) in [4.78, 5) is 0. The van der Waals surface area contributed by atoms with Gasteiger partial charge in [0, 0.05) is 6.61 Å². The van der Waals surface area contributed by atoms with E-state index in [1.165, 1.54) is 353 Å². The van der Waals surface area contributed by atoms with Crippen LogP contribution in [-0.4, -0.2) is 51.0 Å². The molecule has 0 aliphatic heterocycles. The Morgan fingerprint density at radius 3 is 0.387 bits per heavy atom. The van der Waals surface area contributed by atoms with E-state index < -0.39 is 0 Å². The summed E-state index contributed by atoms with van der Waals surface area (Å²) < 4.78 is 0. The quantitative estimate of drug-likeness (QED) is 0.0479. The number of rotatable bonds is 62.